The number of hydrogen-bond donors (Lipinski definition) is 0. The Labute approximate surface area is 166 Å². The van der Waals surface area contributed by atoms with Crippen molar-refractivity contribution in [3.8, 4) is 0 Å². The monoisotopic (exact) mass is 375 g/mol. The maximum atomic E-state index is 2.44. The molecule has 1 aliphatic rings. The first-order chi connectivity index (χ1) is 13.0. The minimum Gasteiger partial charge on any atom is -0.338 e. The van der Waals surface area contributed by atoms with E-state index in [1.807, 2.05) is 11.8 Å². The molecule has 0 saturated carbocycles. The molecule has 1 aromatic heterocycles. The van der Waals surface area contributed by atoms with Gasteiger partial charge in [-0.15, -0.1) is 0 Å². The number of hydrogen-bond acceptors (Lipinski definition) is 2. The largest absolute Gasteiger partial charge is 0.338 e. The van der Waals surface area contributed by atoms with E-state index in [4.69, 9.17) is 0 Å². The number of aromatic nitrogens is 1. The number of anilines is 1. The zero-order valence-corrected chi connectivity index (χ0v) is 17.6. The van der Waals surface area contributed by atoms with Gasteiger partial charge in [0.15, 0.2) is 17.4 Å². The molecule has 0 aliphatic carbocycles. The Morgan fingerprint density at radius 3 is 2.48 bits per heavy atom. The Morgan fingerprint density at radius 2 is 1.78 bits per heavy atom. The third kappa shape index (κ3) is 3.14. The van der Waals surface area contributed by atoms with Crippen LogP contribution in [0.25, 0.3) is 16.8 Å². The fourth-order valence-electron chi connectivity index (χ4n) is 4.13. The molecular weight excluding hydrogens is 348 g/mol. The van der Waals surface area contributed by atoms with E-state index < -0.39 is 0 Å². The number of pyridine rings is 1. The Hall–Kier alpha value is -2.26. The Kier molecular flexibility index (Phi) is 4.73. The van der Waals surface area contributed by atoms with Crippen LogP contribution in [0.5, 0.6) is 0 Å². The number of aryl methyl sites for hydroxylation is 2. The number of nitrogens with zero attached hydrogens (tertiary/aromatic N) is 2. The molecule has 0 bridgehead atoms. The predicted octanol–water partition coefficient (Wildman–Crippen LogP) is 6.26. The lowest BCUT2D eigenvalue weighted by molar-refractivity contribution is -0.730. The van der Waals surface area contributed by atoms with Crippen molar-refractivity contribution in [1.29, 1.82) is 0 Å². The Bertz CT molecular complexity index is 1030. The Balaban J connectivity index is 1.74. The molecule has 4 rings (SSSR count). The van der Waals surface area contributed by atoms with Crippen LogP contribution in [0.2, 0.25) is 0 Å². The van der Waals surface area contributed by atoms with Crippen LogP contribution in [-0.4, -0.2) is 7.05 Å². The minimum atomic E-state index is 0.533. The number of benzene rings is 2. The number of fused-ring (bicyclic) bond motifs is 3. The topological polar surface area (TPSA) is 7.12 Å². The minimum absolute atomic E-state index is 0.533. The van der Waals surface area contributed by atoms with Crippen LogP contribution in [0.4, 0.5) is 5.69 Å². The van der Waals surface area contributed by atoms with Crippen LogP contribution in [0.3, 0.4) is 0 Å². The van der Waals surface area contributed by atoms with Gasteiger partial charge in [0.05, 0.1) is 10.7 Å². The molecule has 3 heteroatoms. The molecule has 0 N–H and O–H groups in total. The molecule has 3 aromatic rings. The van der Waals surface area contributed by atoms with E-state index in [9.17, 15) is 0 Å². The quantitative estimate of drug-likeness (QED) is 0.499. The highest BCUT2D eigenvalue weighted by molar-refractivity contribution is 8.04. The van der Waals surface area contributed by atoms with Gasteiger partial charge in [0.25, 0.3) is 0 Å². The lowest BCUT2D eigenvalue weighted by Crippen LogP contribution is -2.43. The van der Waals surface area contributed by atoms with Crippen LogP contribution in [0, 0.1) is 13.8 Å². The van der Waals surface area contributed by atoms with Crippen molar-refractivity contribution in [3.05, 3.63) is 70.5 Å². The lowest BCUT2D eigenvalue weighted by atomic mass is 10.1. The van der Waals surface area contributed by atoms with Crippen LogP contribution in [0.15, 0.2) is 58.5 Å². The molecular formula is C24H27N2S+. The predicted molar refractivity (Wildman–Crippen MR) is 117 cm³/mol. The molecule has 0 amide bonds. The highest BCUT2D eigenvalue weighted by atomic mass is 32.2. The highest BCUT2D eigenvalue weighted by Gasteiger charge is 2.25. The van der Waals surface area contributed by atoms with Gasteiger partial charge in [-0.1, -0.05) is 49.0 Å². The van der Waals surface area contributed by atoms with Crippen LogP contribution in [-0.2, 0) is 0 Å². The van der Waals surface area contributed by atoms with E-state index >= 15 is 0 Å². The van der Waals surface area contributed by atoms with Gasteiger partial charge < -0.3 is 4.90 Å². The van der Waals surface area contributed by atoms with Crippen molar-refractivity contribution in [3.63, 3.8) is 0 Å². The molecule has 0 radical (unpaired) electrons. The van der Waals surface area contributed by atoms with Gasteiger partial charge in [-0.25, -0.2) is 0 Å². The maximum Gasteiger partial charge on any atom is 0.179 e. The summed E-state index contributed by atoms with van der Waals surface area (Å²) in [6.45, 7) is 8.97. The summed E-state index contributed by atoms with van der Waals surface area (Å²) in [5.41, 5.74) is 5.24. The van der Waals surface area contributed by atoms with Gasteiger partial charge in [0, 0.05) is 49.7 Å². The van der Waals surface area contributed by atoms with Crippen molar-refractivity contribution in [2.75, 3.05) is 11.9 Å². The normalized spacial score (nSPS) is 16.2. The average molecular weight is 376 g/mol. The Morgan fingerprint density at radius 1 is 1.07 bits per heavy atom. The molecule has 138 valence electrons. The van der Waals surface area contributed by atoms with Gasteiger partial charge in [-0.2, -0.15) is 4.57 Å². The van der Waals surface area contributed by atoms with Crippen molar-refractivity contribution < 1.29 is 4.57 Å². The molecule has 27 heavy (non-hydrogen) atoms. The standard InChI is InChI=1S/C24H27N2S/c1-6-16(2)26-17(3)13-19(14-18(26)4)15-23-25(5)24-21-10-8-7-9-20(21)11-12-22(24)27-23/h7-16H,6H2,1-5H3/q+1. The third-order valence-electron chi connectivity index (χ3n) is 5.58. The van der Waals surface area contributed by atoms with E-state index in [0.717, 1.165) is 6.42 Å². The molecule has 2 heterocycles. The zero-order valence-electron chi connectivity index (χ0n) is 16.8. The summed E-state index contributed by atoms with van der Waals surface area (Å²) in [5, 5.41) is 3.90. The fourth-order valence-corrected chi connectivity index (χ4v) is 5.25. The van der Waals surface area contributed by atoms with E-state index in [-0.39, 0.29) is 0 Å². The summed E-state index contributed by atoms with van der Waals surface area (Å²) in [6, 6.07) is 18.3. The van der Waals surface area contributed by atoms with Gasteiger partial charge in [-0.05, 0) is 30.0 Å². The first kappa shape index (κ1) is 18.1. The van der Waals surface area contributed by atoms with Gasteiger partial charge >= 0.3 is 0 Å². The molecule has 1 unspecified atom stereocenters. The summed E-state index contributed by atoms with van der Waals surface area (Å²) >= 11 is 1.86. The van der Waals surface area contributed by atoms with Crippen LogP contribution < -0.4 is 9.47 Å². The van der Waals surface area contributed by atoms with E-state index in [0.29, 0.717) is 6.04 Å². The molecule has 1 atom stereocenters. The lowest BCUT2D eigenvalue weighted by Gasteiger charge is -2.16. The molecule has 0 spiro atoms. The highest BCUT2D eigenvalue weighted by Crippen LogP contribution is 2.49. The number of thioether (sulfide) groups is 1. The second-order valence-corrected chi connectivity index (χ2v) is 8.54. The summed E-state index contributed by atoms with van der Waals surface area (Å²) in [5.74, 6) is 0. The van der Waals surface area contributed by atoms with Gasteiger partial charge in [0.2, 0.25) is 0 Å². The van der Waals surface area contributed by atoms with Gasteiger partial charge in [0.1, 0.15) is 0 Å². The number of rotatable bonds is 3. The second-order valence-electron chi connectivity index (χ2n) is 7.48. The SMILES string of the molecule is CCC(C)[n+]1c(C)cc(/C=C2\Sc3ccc4ccccc4c3N2C)cc1C. The van der Waals surface area contributed by atoms with Crippen LogP contribution in [0.1, 0.15) is 43.3 Å². The van der Waals surface area contributed by atoms with E-state index in [2.05, 4.69) is 98.8 Å². The summed E-state index contributed by atoms with van der Waals surface area (Å²) < 4.78 is 2.44. The smallest absolute Gasteiger partial charge is 0.179 e. The summed E-state index contributed by atoms with van der Waals surface area (Å²) in [4.78, 5) is 3.67. The van der Waals surface area contributed by atoms with E-state index in [1.54, 1.807) is 0 Å². The summed E-state index contributed by atoms with van der Waals surface area (Å²) in [7, 11) is 2.18. The van der Waals surface area contributed by atoms with Crippen molar-refractivity contribution in [1.82, 2.24) is 0 Å². The average Bonchev–Trinajstić information content (AvgIpc) is 2.97. The summed E-state index contributed by atoms with van der Waals surface area (Å²) in [6.07, 6.45) is 3.47. The van der Waals surface area contributed by atoms with E-state index in [1.165, 1.54) is 43.3 Å². The maximum absolute atomic E-state index is 2.44. The van der Waals surface area contributed by atoms with Crippen LogP contribution >= 0.6 is 11.8 Å². The molecule has 0 saturated heterocycles. The molecule has 2 aromatic carbocycles. The molecule has 2 nitrogen and oxygen atoms in total. The first-order valence-corrected chi connectivity index (χ1v) is 10.5. The zero-order chi connectivity index (χ0) is 19.1. The van der Waals surface area contributed by atoms with Crippen molar-refractivity contribution >= 4 is 34.3 Å². The second kappa shape index (κ2) is 7.05. The van der Waals surface area contributed by atoms with Gasteiger partial charge in [-0.3, -0.25) is 0 Å². The molecule has 0 fully saturated rings. The van der Waals surface area contributed by atoms with Crippen molar-refractivity contribution in [2.45, 2.75) is 45.1 Å². The fraction of sp³-hybridized carbons (Fsp3) is 0.292. The third-order valence-corrected chi connectivity index (χ3v) is 6.73. The first-order valence-electron chi connectivity index (χ1n) is 9.67. The molecule has 1 aliphatic heterocycles. The van der Waals surface area contributed by atoms with Crippen molar-refractivity contribution in [2.24, 2.45) is 0 Å².